The number of halogens is 1. The molecule has 1 aliphatic rings. The molecule has 1 aliphatic heterocycles. The summed E-state index contributed by atoms with van der Waals surface area (Å²) in [6, 6.07) is 0. The van der Waals surface area contributed by atoms with Gasteiger partial charge in [-0.05, 0) is 0 Å². The van der Waals surface area contributed by atoms with Crippen LogP contribution < -0.4 is 5.32 Å². The van der Waals surface area contributed by atoms with Crippen LogP contribution in [0.15, 0.2) is 6.20 Å². The summed E-state index contributed by atoms with van der Waals surface area (Å²) in [6.45, 7) is 2.13. The molecule has 2 heterocycles. The van der Waals surface area contributed by atoms with Crippen LogP contribution in [-0.2, 0) is 19.8 Å². The molecule has 1 aromatic heterocycles. The topological polar surface area (TPSA) is 29.9 Å². The van der Waals surface area contributed by atoms with Gasteiger partial charge in [-0.3, -0.25) is 4.68 Å². The molecule has 1 aromatic rings. The van der Waals surface area contributed by atoms with E-state index in [4.69, 9.17) is 0 Å². The van der Waals surface area contributed by atoms with Gasteiger partial charge in [-0.15, -0.1) is 0 Å². The number of fused-ring (bicyclic) bond motifs is 1. The lowest BCUT2D eigenvalue weighted by molar-refractivity contribution is 0.452. The lowest BCUT2D eigenvalue weighted by Gasteiger charge is -2.15. The van der Waals surface area contributed by atoms with Crippen molar-refractivity contribution in [1.82, 2.24) is 15.1 Å². The van der Waals surface area contributed by atoms with Crippen molar-refractivity contribution in [1.29, 1.82) is 0 Å². The lowest BCUT2D eigenvalue weighted by Crippen LogP contribution is -2.28. The third-order valence-corrected chi connectivity index (χ3v) is 1.97. The average Bonchev–Trinajstić information content (AvgIpc) is 2.47. The van der Waals surface area contributed by atoms with E-state index in [2.05, 4.69) is 10.4 Å². The van der Waals surface area contributed by atoms with E-state index in [-0.39, 0.29) is 0 Å². The Morgan fingerprint density at radius 2 is 2.64 bits per heavy atom. The van der Waals surface area contributed by atoms with Gasteiger partial charge in [0.25, 0.3) is 0 Å². The van der Waals surface area contributed by atoms with E-state index in [9.17, 15) is 4.39 Å². The summed E-state index contributed by atoms with van der Waals surface area (Å²) in [4.78, 5) is 0. The third-order valence-electron chi connectivity index (χ3n) is 1.97. The van der Waals surface area contributed by atoms with Crippen LogP contribution in [0.2, 0.25) is 0 Å². The molecule has 3 nitrogen and oxygen atoms in total. The number of hydrogen-bond donors (Lipinski definition) is 1. The molecular formula is C7H10FN3. The van der Waals surface area contributed by atoms with E-state index in [1.807, 2.05) is 4.68 Å². The van der Waals surface area contributed by atoms with Crippen LogP contribution in [0.25, 0.3) is 0 Å². The van der Waals surface area contributed by atoms with Crippen molar-refractivity contribution in [3.8, 4) is 0 Å². The molecule has 0 aliphatic carbocycles. The monoisotopic (exact) mass is 155 g/mol. The van der Waals surface area contributed by atoms with Gasteiger partial charge in [0.1, 0.15) is 6.67 Å². The van der Waals surface area contributed by atoms with Gasteiger partial charge in [-0.1, -0.05) is 0 Å². The fraction of sp³-hybridized carbons (Fsp3) is 0.571. The molecule has 11 heavy (non-hydrogen) atoms. The third kappa shape index (κ3) is 1.03. The number of nitrogens with one attached hydrogen (secondary N) is 1. The molecule has 1 N–H and O–H groups in total. The van der Waals surface area contributed by atoms with Gasteiger partial charge in [0, 0.05) is 18.7 Å². The van der Waals surface area contributed by atoms with E-state index in [0.717, 1.165) is 30.9 Å². The molecule has 0 radical (unpaired) electrons. The van der Waals surface area contributed by atoms with Crippen molar-refractivity contribution in [3.05, 3.63) is 17.5 Å². The second-order valence-electron chi connectivity index (χ2n) is 2.65. The molecule has 60 valence electrons. The summed E-state index contributed by atoms with van der Waals surface area (Å²) in [5, 5.41) is 7.24. The van der Waals surface area contributed by atoms with E-state index in [1.54, 1.807) is 6.20 Å². The first-order chi connectivity index (χ1) is 5.42. The molecule has 0 atom stereocenters. The maximum atomic E-state index is 12.3. The number of alkyl halides is 1. The van der Waals surface area contributed by atoms with Gasteiger partial charge < -0.3 is 5.32 Å². The SMILES string of the molecule is FCc1cnn2c1CNCC2. The van der Waals surface area contributed by atoms with Gasteiger partial charge in [0.15, 0.2) is 0 Å². The van der Waals surface area contributed by atoms with Crippen LogP contribution >= 0.6 is 0 Å². The standard InChI is InChI=1S/C7H10FN3/c8-3-6-4-10-11-2-1-9-5-7(6)11/h4,9H,1-3,5H2. The van der Waals surface area contributed by atoms with Gasteiger partial charge in [-0.2, -0.15) is 5.10 Å². The Morgan fingerprint density at radius 3 is 3.45 bits per heavy atom. The largest absolute Gasteiger partial charge is 0.309 e. The predicted octanol–water partition coefficient (Wildman–Crippen LogP) is 0.456. The highest BCUT2D eigenvalue weighted by Crippen LogP contribution is 2.11. The normalized spacial score (nSPS) is 16.5. The smallest absolute Gasteiger partial charge is 0.118 e. The Hall–Kier alpha value is -0.900. The second kappa shape index (κ2) is 2.62. The van der Waals surface area contributed by atoms with Gasteiger partial charge >= 0.3 is 0 Å². The van der Waals surface area contributed by atoms with Crippen LogP contribution in [0, 0.1) is 0 Å². The fourth-order valence-corrected chi connectivity index (χ4v) is 1.35. The molecule has 0 amide bonds. The maximum absolute atomic E-state index is 12.3. The highest BCUT2D eigenvalue weighted by atomic mass is 19.1. The molecule has 2 rings (SSSR count). The zero-order chi connectivity index (χ0) is 7.68. The first kappa shape index (κ1) is 6.79. The van der Waals surface area contributed by atoms with Crippen LogP contribution in [-0.4, -0.2) is 16.3 Å². The fourth-order valence-electron chi connectivity index (χ4n) is 1.35. The molecule has 0 spiro atoms. The van der Waals surface area contributed by atoms with Gasteiger partial charge in [-0.25, -0.2) is 4.39 Å². The van der Waals surface area contributed by atoms with Crippen LogP contribution in [0.5, 0.6) is 0 Å². The summed E-state index contributed by atoms with van der Waals surface area (Å²) >= 11 is 0. The minimum Gasteiger partial charge on any atom is -0.309 e. The first-order valence-electron chi connectivity index (χ1n) is 3.72. The first-order valence-corrected chi connectivity index (χ1v) is 3.72. The van der Waals surface area contributed by atoms with E-state index >= 15 is 0 Å². The summed E-state index contributed by atoms with van der Waals surface area (Å²) in [5.41, 5.74) is 1.72. The van der Waals surface area contributed by atoms with E-state index < -0.39 is 6.67 Å². The molecule has 0 saturated carbocycles. The molecule has 4 heteroatoms. The minimum absolute atomic E-state index is 0.406. The van der Waals surface area contributed by atoms with Crippen LogP contribution in [0.1, 0.15) is 11.3 Å². The molecule has 0 aromatic carbocycles. The second-order valence-corrected chi connectivity index (χ2v) is 2.65. The van der Waals surface area contributed by atoms with Crippen molar-refractivity contribution in [2.45, 2.75) is 19.8 Å². The quantitative estimate of drug-likeness (QED) is 0.638. The Balaban J connectivity index is 2.38. The highest BCUT2D eigenvalue weighted by Gasteiger charge is 2.12. The number of aromatic nitrogens is 2. The lowest BCUT2D eigenvalue weighted by atomic mass is 10.2. The minimum atomic E-state index is -0.406. The summed E-state index contributed by atoms with van der Waals surface area (Å²) in [7, 11) is 0. The van der Waals surface area contributed by atoms with Crippen molar-refractivity contribution < 1.29 is 4.39 Å². The van der Waals surface area contributed by atoms with E-state index in [1.165, 1.54) is 0 Å². The summed E-state index contributed by atoms with van der Waals surface area (Å²) in [5.74, 6) is 0. The Morgan fingerprint density at radius 1 is 1.73 bits per heavy atom. The number of rotatable bonds is 1. The predicted molar refractivity (Wildman–Crippen MR) is 38.7 cm³/mol. The molecular weight excluding hydrogens is 145 g/mol. The van der Waals surface area contributed by atoms with Crippen molar-refractivity contribution in [2.75, 3.05) is 6.54 Å². The zero-order valence-electron chi connectivity index (χ0n) is 6.18. The summed E-state index contributed by atoms with van der Waals surface area (Å²) in [6.07, 6.45) is 1.61. The number of hydrogen-bond acceptors (Lipinski definition) is 2. The van der Waals surface area contributed by atoms with Crippen LogP contribution in [0.4, 0.5) is 4.39 Å². The zero-order valence-corrected chi connectivity index (χ0v) is 6.18. The van der Waals surface area contributed by atoms with Crippen molar-refractivity contribution in [3.63, 3.8) is 0 Å². The molecule has 0 fully saturated rings. The van der Waals surface area contributed by atoms with E-state index in [0.29, 0.717) is 0 Å². The van der Waals surface area contributed by atoms with Gasteiger partial charge in [0.2, 0.25) is 0 Å². The molecule has 0 unspecified atom stereocenters. The molecule has 0 bridgehead atoms. The van der Waals surface area contributed by atoms with Crippen molar-refractivity contribution >= 4 is 0 Å². The molecule has 0 saturated heterocycles. The maximum Gasteiger partial charge on any atom is 0.118 e. The highest BCUT2D eigenvalue weighted by molar-refractivity contribution is 5.17. The Kier molecular flexibility index (Phi) is 1.62. The van der Waals surface area contributed by atoms with Gasteiger partial charge in [0.05, 0.1) is 18.4 Å². The van der Waals surface area contributed by atoms with Crippen LogP contribution in [0.3, 0.4) is 0 Å². The Bertz CT molecular complexity index is 243. The van der Waals surface area contributed by atoms with Crippen molar-refractivity contribution in [2.24, 2.45) is 0 Å². The average molecular weight is 155 g/mol. The summed E-state index contributed by atoms with van der Waals surface area (Å²) < 4.78 is 14.1. The number of nitrogens with zero attached hydrogens (tertiary/aromatic N) is 2. The Labute approximate surface area is 64.2 Å².